The minimum absolute atomic E-state index is 0.175. The lowest BCUT2D eigenvalue weighted by Crippen LogP contribution is -2.38. The fourth-order valence-corrected chi connectivity index (χ4v) is 3.59. The average molecular weight is 392 g/mol. The summed E-state index contributed by atoms with van der Waals surface area (Å²) in [5.41, 5.74) is 3.17. The van der Waals surface area contributed by atoms with E-state index in [2.05, 4.69) is 30.0 Å². The number of ether oxygens (including phenoxy) is 2. The molecule has 0 aliphatic heterocycles. The number of benzene rings is 3. The van der Waals surface area contributed by atoms with Crippen molar-refractivity contribution in [2.75, 3.05) is 25.7 Å². The van der Waals surface area contributed by atoms with Gasteiger partial charge in [-0.05, 0) is 48.7 Å². The fraction of sp³-hybridized carbons (Fsp3) is 0.280. The van der Waals surface area contributed by atoms with Crippen LogP contribution < -0.4 is 14.4 Å². The maximum absolute atomic E-state index is 10.8. The van der Waals surface area contributed by atoms with Gasteiger partial charge in [0.1, 0.15) is 0 Å². The van der Waals surface area contributed by atoms with Crippen molar-refractivity contribution in [2.24, 2.45) is 0 Å². The molecule has 0 saturated heterocycles. The molecule has 0 aliphatic carbocycles. The lowest BCUT2D eigenvalue weighted by Gasteiger charge is -2.33. The number of methoxy groups -OCH3 is 2. The predicted octanol–water partition coefficient (Wildman–Crippen LogP) is 4.88. The first-order valence-electron chi connectivity index (χ1n) is 9.88. The standard InChI is InChI=1S/C25H29NO3/c1-19(16-20-14-15-24(28-2)25(17-20)29-3)26(22-12-8-5-9-13-22)18-23(27)21-10-6-4-7-11-21/h4-15,17,19,23,27H,16,18H2,1-3H3. The molecule has 0 spiro atoms. The van der Waals surface area contributed by atoms with Crippen LogP contribution in [0.1, 0.15) is 24.2 Å². The molecule has 0 fully saturated rings. The zero-order valence-electron chi connectivity index (χ0n) is 17.3. The molecule has 152 valence electrons. The quantitative estimate of drug-likeness (QED) is 0.565. The van der Waals surface area contributed by atoms with Crippen molar-refractivity contribution in [1.82, 2.24) is 0 Å². The molecular formula is C25H29NO3. The van der Waals surface area contributed by atoms with E-state index < -0.39 is 6.10 Å². The van der Waals surface area contributed by atoms with E-state index in [1.165, 1.54) is 0 Å². The number of aliphatic hydroxyl groups is 1. The van der Waals surface area contributed by atoms with Crippen LogP contribution in [0.4, 0.5) is 5.69 Å². The molecular weight excluding hydrogens is 362 g/mol. The van der Waals surface area contributed by atoms with Crippen molar-refractivity contribution in [2.45, 2.75) is 25.5 Å². The number of anilines is 1. The van der Waals surface area contributed by atoms with Gasteiger partial charge in [0.05, 0.1) is 20.3 Å². The van der Waals surface area contributed by atoms with Crippen molar-refractivity contribution in [3.63, 3.8) is 0 Å². The van der Waals surface area contributed by atoms with Crippen LogP contribution in [0.25, 0.3) is 0 Å². The molecule has 2 atom stereocenters. The molecule has 1 N–H and O–H groups in total. The van der Waals surface area contributed by atoms with Gasteiger partial charge in [-0.1, -0.05) is 54.6 Å². The van der Waals surface area contributed by atoms with E-state index in [9.17, 15) is 5.11 Å². The average Bonchev–Trinajstić information content (AvgIpc) is 2.78. The van der Waals surface area contributed by atoms with E-state index in [1.807, 2.05) is 60.7 Å². The second-order valence-electron chi connectivity index (χ2n) is 7.16. The maximum Gasteiger partial charge on any atom is 0.160 e. The second kappa shape index (κ2) is 9.99. The molecule has 0 saturated carbocycles. The lowest BCUT2D eigenvalue weighted by atomic mass is 10.0. The Morgan fingerprint density at radius 1 is 0.828 bits per heavy atom. The normalized spacial score (nSPS) is 12.8. The lowest BCUT2D eigenvalue weighted by molar-refractivity contribution is 0.180. The van der Waals surface area contributed by atoms with E-state index in [-0.39, 0.29) is 6.04 Å². The third-order valence-corrected chi connectivity index (χ3v) is 5.15. The van der Waals surface area contributed by atoms with E-state index in [1.54, 1.807) is 14.2 Å². The maximum atomic E-state index is 10.8. The van der Waals surface area contributed by atoms with Gasteiger partial charge in [0.25, 0.3) is 0 Å². The van der Waals surface area contributed by atoms with Gasteiger partial charge in [-0.15, -0.1) is 0 Å². The number of aliphatic hydroxyl groups excluding tert-OH is 1. The molecule has 3 aromatic rings. The van der Waals surface area contributed by atoms with E-state index in [0.29, 0.717) is 6.54 Å². The first kappa shape index (κ1) is 20.7. The Labute approximate surface area is 173 Å². The van der Waals surface area contributed by atoms with Crippen molar-refractivity contribution in [3.05, 3.63) is 90.0 Å². The number of hydrogen-bond acceptors (Lipinski definition) is 4. The molecule has 29 heavy (non-hydrogen) atoms. The number of para-hydroxylation sites is 1. The fourth-order valence-electron chi connectivity index (χ4n) is 3.59. The first-order valence-corrected chi connectivity index (χ1v) is 9.88. The van der Waals surface area contributed by atoms with Gasteiger partial charge >= 0.3 is 0 Å². The predicted molar refractivity (Wildman–Crippen MR) is 118 cm³/mol. The van der Waals surface area contributed by atoms with Crippen molar-refractivity contribution >= 4 is 5.69 Å². The Kier molecular flexibility index (Phi) is 7.14. The molecule has 3 aromatic carbocycles. The number of nitrogens with zero attached hydrogens (tertiary/aromatic N) is 1. The minimum atomic E-state index is -0.566. The summed E-state index contributed by atoms with van der Waals surface area (Å²) in [6.45, 7) is 2.70. The molecule has 2 unspecified atom stereocenters. The summed E-state index contributed by atoms with van der Waals surface area (Å²) in [6, 6.07) is 26.2. The van der Waals surface area contributed by atoms with Crippen LogP contribution in [-0.4, -0.2) is 31.9 Å². The summed E-state index contributed by atoms with van der Waals surface area (Å²) in [7, 11) is 3.29. The van der Waals surface area contributed by atoms with Crippen LogP contribution in [0, 0.1) is 0 Å². The number of hydrogen-bond donors (Lipinski definition) is 1. The summed E-state index contributed by atoms with van der Waals surface area (Å²) in [5, 5.41) is 10.8. The van der Waals surface area contributed by atoms with E-state index in [0.717, 1.165) is 34.7 Å². The van der Waals surface area contributed by atoms with Gasteiger partial charge in [-0.25, -0.2) is 0 Å². The third-order valence-electron chi connectivity index (χ3n) is 5.15. The molecule has 0 radical (unpaired) electrons. The van der Waals surface area contributed by atoms with E-state index in [4.69, 9.17) is 9.47 Å². The zero-order valence-corrected chi connectivity index (χ0v) is 17.3. The summed E-state index contributed by atoms with van der Waals surface area (Å²) in [6.07, 6.45) is 0.251. The monoisotopic (exact) mass is 391 g/mol. The van der Waals surface area contributed by atoms with Crippen LogP contribution in [-0.2, 0) is 6.42 Å². The summed E-state index contributed by atoms with van der Waals surface area (Å²) >= 11 is 0. The molecule has 0 bridgehead atoms. The van der Waals surface area contributed by atoms with Crippen LogP contribution >= 0.6 is 0 Å². The van der Waals surface area contributed by atoms with Gasteiger partial charge in [0.2, 0.25) is 0 Å². The Bertz CT molecular complexity index is 883. The highest BCUT2D eigenvalue weighted by atomic mass is 16.5. The van der Waals surface area contributed by atoms with Gasteiger partial charge in [-0.2, -0.15) is 0 Å². The van der Waals surface area contributed by atoms with Gasteiger partial charge in [-0.3, -0.25) is 0 Å². The molecule has 4 heteroatoms. The summed E-state index contributed by atoms with van der Waals surface area (Å²) in [5.74, 6) is 1.45. The smallest absolute Gasteiger partial charge is 0.160 e. The van der Waals surface area contributed by atoms with Crippen LogP contribution in [0.3, 0.4) is 0 Å². The largest absolute Gasteiger partial charge is 0.493 e. The first-order chi connectivity index (χ1) is 14.1. The Hall–Kier alpha value is -2.98. The highest BCUT2D eigenvalue weighted by Crippen LogP contribution is 2.29. The highest BCUT2D eigenvalue weighted by Gasteiger charge is 2.20. The molecule has 3 rings (SSSR count). The van der Waals surface area contributed by atoms with Crippen molar-refractivity contribution < 1.29 is 14.6 Å². The molecule has 4 nitrogen and oxygen atoms in total. The number of rotatable bonds is 9. The minimum Gasteiger partial charge on any atom is -0.493 e. The zero-order chi connectivity index (χ0) is 20.6. The summed E-state index contributed by atoms with van der Waals surface area (Å²) in [4.78, 5) is 2.26. The van der Waals surface area contributed by atoms with E-state index >= 15 is 0 Å². The Balaban J connectivity index is 1.82. The highest BCUT2D eigenvalue weighted by molar-refractivity contribution is 5.48. The Morgan fingerprint density at radius 2 is 1.45 bits per heavy atom. The van der Waals surface area contributed by atoms with Gasteiger partial charge < -0.3 is 19.5 Å². The van der Waals surface area contributed by atoms with Crippen molar-refractivity contribution in [1.29, 1.82) is 0 Å². The molecule has 0 aromatic heterocycles. The van der Waals surface area contributed by atoms with Crippen LogP contribution in [0.5, 0.6) is 11.5 Å². The molecule has 0 heterocycles. The second-order valence-corrected chi connectivity index (χ2v) is 7.16. The SMILES string of the molecule is COc1ccc(CC(C)N(CC(O)c2ccccc2)c2ccccc2)cc1OC. The van der Waals surface area contributed by atoms with Crippen LogP contribution in [0.15, 0.2) is 78.9 Å². The summed E-state index contributed by atoms with van der Waals surface area (Å²) < 4.78 is 10.8. The molecule has 0 amide bonds. The van der Waals surface area contributed by atoms with Gasteiger partial charge in [0, 0.05) is 18.3 Å². The Morgan fingerprint density at radius 3 is 2.07 bits per heavy atom. The molecule has 0 aliphatic rings. The van der Waals surface area contributed by atoms with Crippen molar-refractivity contribution in [3.8, 4) is 11.5 Å². The van der Waals surface area contributed by atoms with Crippen LogP contribution in [0.2, 0.25) is 0 Å². The van der Waals surface area contributed by atoms with Gasteiger partial charge in [0.15, 0.2) is 11.5 Å². The topological polar surface area (TPSA) is 41.9 Å². The third kappa shape index (κ3) is 5.30.